The Kier molecular flexibility index (Phi) is 4.31. The maximum absolute atomic E-state index is 6.03. The zero-order valence-electron chi connectivity index (χ0n) is 9.47. The van der Waals surface area contributed by atoms with Crippen molar-refractivity contribution in [3.05, 3.63) is 52.9 Å². The molecule has 0 saturated heterocycles. The van der Waals surface area contributed by atoms with E-state index in [-0.39, 0.29) is 11.3 Å². The van der Waals surface area contributed by atoms with E-state index in [0.717, 1.165) is 10.2 Å². The van der Waals surface area contributed by atoms with Crippen LogP contribution in [0.25, 0.3) is 0 Å². The third-order valence-electron chi connectivity index (χ3n) is 2.39. The molecule has 0 fully saturated rings. The summed E-state index contributed by atoms with van der Waals surface area (Å²) >= 11 is 5.26. The molecule has 90 valence electrons. The molecule has 1 aromatic carbocycles. The average Bonchev–Trinajstić information content (AvgIpc) is 2.81. The van der Waals surface area contributed by atoms with Crippen molar-refractivity contribution in [2.45, 2.75) is 23.1 Å². The van der Waals surface area contributed by atoms with Gasteiger partial charge in [0.1, 0.15) is 5.76 Å². The quantitative estimate of drug-likeness (QED) is 0.859. The Morgan fingerprint density at radius 2 is 2.00 bits per heavy atom. The lowest BCUT2D eigenvalue weighted by Gasteiger charge is -2.18. The van der Waals surface area contributed by atoms with Gasteiger partial charge in [0.05, 0.1) is 11.5 Å². The second-order valence-electron chi connectivity index (χ2n) is 3.84. The van der Waals surface area contributed by atoms with E-state index in [2.05, 4.69) is 22.0 Å². The molecule has 0 spiro atoms. The summed E-state index contributed by atoms with van der Waals surface area (Å²) in [5, 5.41) is 0.128. The van der Waals surface area contributed by atoms with E-state index in [1.165, 1.54) is 4.90 Å². The molecule has 0 aliphatic carbocycles. The number of hydrogen-bond acceptors (Lipinski definition) is 3. The average molecular weight is 312 g/mol. The van der Waals surface area contributed by atoms with Gasteiger partial charge < -0.3 is 10.2 Å². The van der Waals surface area contributed by atoms with Crippen LogP contribution in [0.5, 0.6) is 0 Å². The molecule has 1 heterocycles. The molecule has 1 aromatic heterocycles. The number of rotatable bonds is 4. The molecular formula is C13H14BrNOS. The first-order valence-corrected chi connectivity index (χ1v) is 7.06. The van der Waals surface area contributed by atoms with Crippen LogP contribution in [0.1, 0.15) is 17.9 Å². The SMILES string of the molecule is CC(N)C(Sc1ccccc1Br)c1ccco1. The van der Waals surface area contributed by atoms with Crippen molar-refractivity contribution >= 4 is 27.7 Å². The van der Waals surface area contributed by atoms with Crippen molar-refractivity contribution in [2.75, 3.05) is 0 Å². The van der Waals surface area contributed by atoms with Crippen molar-refractivity contribution in [3.63, 3.8) is 0 Å². The summed E-state index contributed by atoms with van der Waals surface area (Å²) in [7, 11) is 0. The predicted molar refractivity (Wildman–Crippen MR) is 75.1 cm³/mol. The maximum Gasteiger partial charge on any atom is 0.118 e. The Labute approximate surface area is 114 Å². The van der Waals surface area contributed by atoms with Gasteiger partial charge in [-0.25, -0.2) is 0 Å². The fourth-order valence-electron chi connectivity index (χ4n) is 1.55. The van der Waals surface area contributed by atoms with Gasteiger partial charge in [0.25, 0.3) is 0 Å². The maximum atomic E-state index is 6.03. The molecule has 0 aliphatic heterocycles. The number of benzene rings is 1. The number of thioether (sulfide) groups is 1. The van der Waals surface area contributed by atoms with E-state index in [4.69, 9.17) is 10.2 Å². The van der Waals surface area contributed by atoms with Crippen LogP contribution in [-0.2, 0) is 0 Å². The molecule has 17 heavy (non-hydrogen) atoms. The Morgan fingerprint density at radius 1 is 1.24 bits per heavy atom. The van der Waals surface area contributed by atoms with Crippen LogP contribution in [0.15, 0.2) is 56.4 Å². The minimum Gasteiger partial charge on any atom is -0.468 e. The van der Waals surface area contributed by atoms with Gasteiger partial charge in [-0.1, -0.05) is 12.1 Å². The number of nitrogens with two attached hydrogens (primary N) is 1. The molecule has 2 unspecified atom stereocenters. The molecular weight excluding hydrogens is 298 g/mol. The van der Waals surface area contributed by atoms with Crippen LogP contribution in [-0.4, -0.2) is 6.04 Å². The molecule has 2 nitrogen and oxygen atoms in total. The highest BCUT2D eigenvalue weighted by Gasteiger charge is 2.21. The first-order valence-electron chi connectivity index (χ1n) is 5.38. The first-order chi connectivity index (χ1) is 8.18. The largest absolute Gasteiger partial charge is 0.468 e. The second-order valence-corrected chi connectivity index (χ2v) is 5.88. The zero-order valence-corrected chi connectivity index (χ0v) is 11.9. The lowest BCUT2D eigenvalue weighted by molar-refractivity contribution is 0.487. The fourth-order valence-corrected chi connectivity index (χ4v) is 3.20. The van der Waals surface area contributed by atoms with Crippen LogP contribution in [0, 0.1) is 0 Å². The summed E-state index contributed by atoms with van der Waals surface area (Å²) in [6.45, 7) is 2.00. The smallest absolute Gasteiger partial charge is 0.118 e. The molecule has 0 amide bonds. The molecule has 0 saturated carbocycles. The lowest BCUT2D eigenvalue weighted by atomic mass is 10.2. The van der Waals surface area contributed by atoms with E-state index >= 15 is 0 Å². The zero-order chi connectivity index (χ0) is 12.3. The highest BCUT2D eigenvalue weighted by Crippen LogP contribution is 2.40. The highest BCUT2D eigenvalue weighted by molar-refractivity contribution is 9.10. The van der Waals surface area contributed by atoms with Crippen molar-refractivity contribution < 1.29 is 4.42 Å². The van der Waals surface area contributed by atoms with Gasteiger partial charge >= 0.3 is 0 Å². The van der Waals surface area contributed by atoms with Crippen molar-refractivity contribution in [2.24, 2.45) is 5.73 Å². The molecule has 2 aromatic rings. The highest BCUT2D eigenvalue weighted by atomic mass is 79.9. The van der Waals surface area contributed by atoms with Crippen molar-refractivity contribution in [1.29, 1.82) is 0 Å². The van der Waals surface area contributed by atoms with Crippen LogP contribution in [0.4, 0.5) is 0 Å². The lowest BCUT2D eigenvalue weighted by Crippen LogP contribution is -2.22. The summed E-state index contributed by atoms with van der Waals surface area (Å²) < 4.78 is 6.54. The van der Waals surface area contributed by atoms with E-state index in [1.807, 2.05) is 37.3 Å². The molecule has 0 bridgehead atoms. The van der Waals surface area contributed by atoms with Gasteiger partial charge in [-0.05, 0) is 47.1 Å². The summed E-state index contributed by atoms with van der Waals surface area (Å²) in [6.07, 6.45) is 1.69. The van der Waals surface area contributed by atoms with E-state index in [9.17, 15) is 0 Å². The molecule has 4 heteroatoms. The first kappa shape index (κ1) is 12.7. The van der Waals surface area contributed by atoms with Gasteiger partial charge in [0.2, 0.25) is 0 Å². The number of halogens is 1. The fraction of sp³-hybridized carbons (Fsp3) is 0.231. The summed E-state index contributed by atoms with van der Waals surface area (Å²) in [4.78, 5) is 1.17. The molecule has 2 N–H and O–H groups in total. The Hall–Kier alpha value is -0.710. The van der Waals surface area contributed by atoms with Crippen LogP contribution >= 0.6 is 27.7 Å². The Balaban J connectivity index is 2.23. The topological polar surface area (TPSA) is 39.2 Å². The number of furan rings is 1. The van der Waals surface area contributed by atoms with Gasteiger partial charge in [-0.2, -0.15) is 0 Å². The predicted octanol–water partition coefficient (Wildman–Crippen LogP) is 4.22. The van der Waals surface area contributed by atoms with Crippen molar-refractivity contribution in [3.8, 4) is 0 Å². The van der Waals surface area contributed by atoms with E-state index < -0.39 is 0 Å². The Bertz CT molecular complexity index is 470. The van der Waals surface area contributed by atoms with Gasteiger partial charge in [-0.15, -0.1) is 11.8 Å². The van der Waals surface area contributed by atoms with Crippen LogP contribution in [0.2, 0.25) is 0 Å². The molecule has 2 rings (SSSR count). The standard InChI is InChI=1S/C13H14BrNOS/c1-9(15)13(11-6-4-8-16-11)17-12-7-3-2-5-10(12)14/h2-9,13H,15H2,1H3. The van der Waals surface area contributed by atoms with Crippen LogP contribution < -0.4 is 5.73 Å². The monoisotopic (exact) mass is 311 g/mol. The second kappa shape index (κ2) is 5.76. The third kappa shape index (κ3) is 3.15. The Morgan fingerprint density at radius 3 is 2.59 bits per heavy atom. The normalized spacial score (nSPS) is 14.5. The van der Waals surface area contributed by atoms with Crippen molar-refractivity contribution in [1.82, 2.24) is 0 Å². The van der Waals surface area contributed by atoms with E-state index in [1.54, 1.807) is 18.0 Å². The summed E-state index contributed by atoms with van der Waals surface area (Å²) in [6, 6.07) is 12.0. The van der Waals surface area contributed by atoms with Gasteiger partial charge in [-0.3, -0.25) is 0 Å². The third-order valence-corrected chi connectivity index (χ3v) is 4.87. The minimum atomic E-state index is 0.0262. The molecule has 0 aliphatic rings. The van der Waals surface area contributed by atoms with E-state index in [0.29, 0.717) is 0 Å². The van der Waals surface area contributed by atoms with Crippen LogP contribution in [0.3, 0.4) is 0 Å². The van der Waals surface area contributed by atoms with Gasteiger partial charge in [0.15, 0.2) is 0 Å². The van der Waals surface area contributed by atoms with Gasteiger partial charge in [0, 0.05) is 15.4 Å². The summed E-state index contributed by atoms with van der Waals surface area (Å²) in [5.41, 5.74) is 6.03. The molecule has 2 atom stereocenters. The minimum absolute atomic E-state index is 0.0262. The summed E-state index contributed by atoms with van der Waals surface area (Å²) in [5.74, 6) is 0.917. The number of hydrogen-bond donors (Lipinski definition) is 1. The molecule has 0 radical (unpaired) electrons.